The predicted octanol–water partition coefficient (Wildman–Crippen LogP) is 5.23. The minimum Gasteiger partial charge on any atom is -0.490 e. The first-order chi connectivity index (χ1) is 14.5. The Balaban J connectivity index is 1.49. The van der Waals surface area contributed by atoms with E-state index in [-0.39, 0.29) is 11.0 Å². The summed E-state index contributed by atoms with van der Waals surface area (Å²) in [5.41, 5.74) is 2.09. The largest absolute Gasteiger partial charge is 0.490 e. The molecule has 154 valence electrons. The van der Waals surface area contributed by atoms with Gasteiger partial charge in [-0.15, -0.1) is 0 Å². The molecular weight excluding hydrogens is 420 g/mol. The number of nitrogens with one attached hydrogen (secondary N) is 2. The molecule has 0 aliphatic heterocycles. The minimum atomic E-state index is -0.336. The summed E-state index contributed by atoms with van der Waals surface area (Å²) >= 11 is 11.3. The summed E-state index contributed by atoms with van der Waals surface area (Å²) in [4.78, 5) is 12.5. The van der Waals surface area contributed by atoms with Crippen LogP contribution in [0.3, 0.4) is 0 Å². The van der Waals surface area contributed by atoms with Crippen LogP contribution in [0.15, 0.2) is 72.8 Å². The number of thiocarbonyl (C=S) groups is 1. The Kier molecular flexibility index (Phi) is 7.65. The zero-order valence-corrected chi connectivity index (χ0v) is 17.9. The summed E-state index contributed by atoms with van der Waals surface area (Å²) in [6.07, 6.45) is 0. The first-order valence-corrected chi connectivity index (χ1v) is 10.1. The van der Waals surface area contributed by atoms with Gasteiger partial charge in [-0.05, 0) is 67.2 Å². The molecule has 0 aromatic heterocycles. The number of carbonyl (C=O) groups is 1. The van der Waals surface area contributed by atoms with Gasteiger partial charge in [0.05, 0.1) is 0 Å². The molecule has 0 atom stereocenters. The topological polar surface area (TPSA) is 59.6 Å². The second-order valence-corrected chi connectivity index (χ2v) is 7.23. The van der Waals surface area contributed by atoms with Crippen LogP contribution in [0.2, 0.25) is 5.02 Å². The summed E-state index contributed by atoms with van der Waals surface area (Å²) in [5.74, 6) is 1.02. The second-order valence-electron chi connectivity index (χ2n) is 6.41. The van der Waals surface area contributed by atoms with Gasteiger partial charge in [0, 0.05) is 16.3 Å². The monoisotopic (exact) mass is 440 g/mol. The molecule has 0 fully saturated rings. The molecule has 0 radical (unpaired) electrons. The highest BCUT2D eigenvalue weighted by atomic mass is 35.5. The van der Waals surface area contributed by atoms with Gasteiger partial charge in [0.1, 0.15) is 24.7 Å². The fourth-order valence-corrected chi connectivity index (χ4v) is 2.96. The number of halogens is 1. The van der Waals surface area contributed by atoms with Crippen molar-refractivity contribution in [2.75, 3.05) is 18.5 Å². The van der Waals surface area contributed by atoms with E-state index >= 15 is 0 Å². The van der Waals surface area contributed by atoms with Crippen LogP contribution in [0, 0.1) is 6.92 Å². The van der Waals surface area contributed by atoms with Crippen molar-refractivity contribution in [3.8, 4) is 11.5 Å². The normalized spacial score (nSPS) is 10.2. The van der Waals surface area contributed by atoms with Gasteiger partial charge in [-0.2, -0.15) is 0 Å². The lowest BCUT2D eigenvalue weighted by atomic mass is 10.2. The van der Waals surface area contributed by atoms with E-state index in [2.05, 4.69) is 10.6 Å². The number of benzene rings is 3. The van der Waals surface area contributed by atoms with Crippen LogP contribution in [0.5, 0.6) is 11.5 Å². The zero-order valence-electron chi connectivity index (χ0n) is 16.4. The van der Waals surface area contributed by atoms with Crippen molar-refractivity contribution in [1.29, 1.82) is 0 Å². The first-order valence-electron chi connectivity index (χ1n) is 9.30. The summed E-state index contributed by atoms with van der Waals surface area (Å²) in [7, 11) is 0. The lowest BCUT2D eigenvalue weighted by molar-refractivity contribution is 0.0977. The lowest BCUT2D eigenvalue weighted by Crippen LogP contribution is -2.34. The smallest absolute Gasteiger partial charge is 0.257 e. The minimum absolute atomic E-state index is 0.183. The maximum absolute atomic E-state index is 12.5. The Morgan fingerprint density at radius 2 is 1.63 bits per heavy atom. The Labute approximate surface area is 186 Å². The number of hydrogen-bond acceptors (Lipinski definition) is 4. The highest BCUT2D eigenvalue weighted by Crippen LogP contribution is 2.20. The van der Waals surface area contributed by atoms with Crippen LogP contribution in [-0.2, 0) is 0 Å². The molecule has 1 amide bonds. The van der Waals surface area contributed by atoms with Gasteiger partial charge in [0.2, 0.25) is 0 Å². The van der Waals surface area contributed by atoms with E-state index in [0.717, 1.165) is 11.3 Å². The van der Waals surface area contributed by atoms with E-state index in [1.54, 1.807) is 30.3 Å². The van der Waals surface area contributed by atoms with Crippen molar-refractivity contribution in [1.82, 2.24) is 5.32 Å². The van der Waals surface area contributed by atoms with Crippen molar-refractivity contribution in [2.24, 2.45) is 0 Å². The summed E-state index contributed by atoms with van der Waals surface area (Å²) < 4.78 is 11.3. The first kappa shape index (κ1) is 21.6. The van der Waals surface area contributed by atoms with Crippen LogP contribution in [0.25, 0.3) is 0 Å². The molecule has 30 heavy (non-hydrogen) atoms. The van der Waals surface area contributed by atoms with Crippen LogP contribution in [0.4, 0.5) is 5.69 Å². The summed E-state index contributed by atoms with van der Waals surface area (Å²) in [6.45, 7) is 2.66. The average Bonchev–Trinajstić information content (AvgIpc) is 2.75. The molecule has 7 heteroatoms. The molecule has 0 spiro atoms. The van der Waals surface area contributed by atoms with Crippen LogP contribution in [-0.4, -0.2) is 24.2 Å². The molecule has 0 bridgehead atoms. The van der Waals surface area contributed by atoms with Crippen LogP contribution in [0.1, 0.15) is 15.9 Å². The number of ether oxygens (including phenoxy) is 2. The SMILES string of the molecule is Cc1ccc(NC(=S)NC(=O)c2cccc(OCCOc3ccccc3)c2)cc1Cl. The molecular formula is C23H21ClN2O3S. The molecule has 0 aliphatic rings. The van der Waals surface area contributed by atoms with Gasteiger partial charge in [-0.25, -0.2) is 0 Å². The molecule has 5 nitrogen and oxygen atoms in total. The molecule has 2 N–H and O–H groups in total. The number of aryl methyl sites for hydroxylation is 1. The fourth-order valence-electron chi connectivity index (χ4n) is 2.57. The Morgan fingerprint density at radius 1 is 0.933 bits per heavy atom. The van der Waals surface area contributed by atoms with Gasteiger partial charge in [0.15, 0.2) is 5.11 Å². The van der Waals surface area contributed by atoms with Crippen LogP contribution < -0.4 is 20.1 Å². The molecule has 0 unspecified atom stereocenters. The number of anilines is 1. The number of hydrogen-bond donors (Lipinski definition) is 2. The predicted molar refractivity (Wildman–Crippen MR) is 124 cm³/mol. The lowest BCUT2D eigenvalue weighted by Gasteiger charge is -2.12. The van der Waals surface area contributed by atoms with Gasteiger partial charge in [-0.3, -0.25) is 10.1 Å². The standard InChI is InChI=1S/C23H21ClN2O3S/c1-16-10-11-18(15-21(16)24)25-23(30)26-22(27)17-6-5-9-20(14-17)29-13-12-28-19-7-3-2-4-8-19/h2-11,14-15H,12-13H2,1H3,(H2,25,26,27,30). The van der Waals surface area contributed by atoms with Gasteiger partial charge < -0.3 is 14.8 Å². The fraction of sp³-hybridized carbons (Fsp3) is 0.130. The number of para-hydroxylation sites is 1. The maximum Gasteiger partial charge on any atom is 0.257 e. The third-order valence-corrected chi connectivity index (χ3v) is 4.73. The molecule has 0 saturated carbocycles. The Bertz CT molecular complexity index is 1030. The maximum atomic E-state index is 12.5. The third kappa shape index (κ3) is 6.47. The third-order valence-electron chi connectivity index (χ3n) is 4.12. The summed E-state index contributed by atoms with van der Waals surface area (Å²) in [6, 6.07) is 21.8. The van der Waals surface area contributed by atoms with Crippen molar-refractivity contribution >= 4 is 40.5 Å². The van der Waals surface area contributed by atoms with E-state index in [9.17, 15) is 4.79 Å². The number of rotatable bonds is 7. The zero-order chi connectivity index (χ0) is 21.3. The average molecular weight is 441 g/mol. The Hall–Kier alpha value is -3.09. The molecule has 3 aromatic rings. The van der Waals surface area contributed by atoms with E-state index in [4.69, 9.17) is 33.3 Å². The molecule has 0 heterocycles. The Morgan fingerprint density at radius 3 is 2.37 bits per heavy atom. The summed E-state index contributed by atoms with van der Waals surface area (Å²) in [5, 5.41) is 6.41. The highest BCUT2D eigenvalue weighted by molar-refractivity contribution is 7.80. The molecule has 3 rings (SSSR count). The van der Waals surface area contributed by atoms with E-state index in [1.165, 1.54) is 0 Å². The van der Waals surface area contributed by atoms with E-state index in [0.29, 0.717) is 35.2 Å². The number of amides is 1. The molecule has 3 aromatic carbocycles. The van der Waals surface area contributed by atoms with Crippen molar-refractivity contribution in [2.45, 2.75) is 6.92 Å². The van der Waals surface area contributed by atoms with Gasteiger partial charge >= 0.3 is 0 Å². The van der Waals surface area contributed by atoms with Crippen molar-refractivity contribution < 1.29 is 14.3 Å². The van der Waals surface area contributed by atoms with Crippen molar-refractivity contribution in [3.05, 3.63) is 88.9 Å². The van der Waals surface area contributed by atoms with E-state index < -0.39 is 0 Å². The van der Waals surface area contributed by atoms with Gasteiger partial charge in [-0.1, -0.05) is 41.9 Å². The molecule has 0 aliphatic carbocycles. The van der Waals surface area contributed by atoms with Gasteiger partial charge in [0.25, 0.3) is 5.91 Å². The number of carbonyl (C=O) groups excluding carboxylic acids is 1. The molecule has 0 saturated heterocycles. The highest BCUT2D eigenvalue weighted by Gasteiger charge is 2.10. The van der Waals surface area contributed by atoms with Crippen LogP contribution >= 0.6 is 23.8 Å². The van der Waals surface area contributed by atoms with Crippen molar-refractivity contribution in [3.63, 3.8) is 0 Å². The quantitative estimate of drug-likeness (QED) is 0.389. The van der Waals surface area contributed by atoms with E-state index in [1.807, 2.05) is 49.4 Å². The second kappa shape index (κ2) is 10.6.